The van der Waals surface area contributed by atoms with Crippen molar-refractivity contribution < 1.29 is 0 Å². The lowest BCUT2D eigenvalue weighted by atomic mass is 9.66. The molecule has 0 fully saturated rings. The van der Waals surface area contributed by atoms with Crippen molar-refractivity contribution in [3.8, 4) is 66.8 Å². The number of hydrogen-bond acceptors (Lipinski definition) is 1. The number of nitrogens with two attached hydrogens (primary N) is 1. The van der Waals surface area contributed by atoms with E-state index in [4.69, 9.17) is 5.73 Å². The van der Waals surface area contributed by atoms with E-state index in [1.807, 2.05) is 0 Å². The van der Waals surface area contributed by atoms with Crippen LogP contribution < -0.4 is 26.5 Å². The fourth-order valence-corrected chi connectivity index (χ4v) is 28.6. The minimum atomic E-state index is -3.09. The molecule has 1 unspecified atom stereocenters. The zero-order valence-electron chi connectivity index (χ0n) is 79.8. The van der Waals surface area contributed by atoms with Crippen molar-refractivity contribution in [3.05, 3.63) is 386 Å². The van der Waals surface area contributed by atoms with Gasteiger partial charge in [-0.15, -0.1) is 13.2 Å². The number of anilines is 1. The van der Waals surface area contributed by atoms with Crippen molar-refractivity contribution >= 4 is 34.5 Å². The highest BCUT2D eigenvalue weighted by atomic mass is 28.3. The third kappa shape index (κ3) is 18.8. The molecule has 0 aromatic heterocycles. The van der Waals surface area contributed by atoms with E-state index < -0.39 is 18.9 Å². The second kappa shape index (κ2) is 42.7. The Hall–Kier alpha value is -10.6. The second-order valence-electron chi connectivity index (χ2n) is 39.5. The van der Waals surface area contributed by atoms with Crippen LogP contribution in [0.3, 0.4) is 0 Å². The van der Waals surface area contributed by atoms with E-state index in [1.165, 1.54) is 313 Å². The number of aryl methyl sites for hydroxylation is 11. The predicted molar refractivity (Wildman–Crippen MR) is 565 cm³/mol. The van der Waals surface area contributed by atoms with Crippen molar-refractivity contribution in [2.24, 2.45) is 0 Å². The fourth-order valence-electron chi connectivity index (χ4n) is 23.4. The van der Waals surface area contributed by atoms with Gasteiger partial charge in [-0.3, -0.25) is 0 Å². The summed E-state index contributed by atoms with van der Waals surface area (Å²) in [4.78, 5) is 0. The Labute approximate surface area is 784 Å². The molecule has 130 heavy (non-hydrogen) atoms. The van der Waals surface area contributed by atoms with E-state index in [0.717, 1.165) is 108 Å². The Morgan fingerprint density at radius 3 is 1.08 bits per heavy atom. The fraction of sp³-hybridized carbons (Fsp3) is 0.359. The Bertz CT molecular complexity index is 5920. The summed E-state index contributed by atoms with van der Waals surface area (Å²) < 4.78 is 0. The summed E-state index contributed by atoms with van der Waals surface area (Å²) in [7, 11) is -3.09. The van der Waals surface area contributed by atoms with Crippen molar-refractivity contribution in [2.45, 2.75) is 296 Å². The summed E-state index contributed by atoms with van der Waals surface area (Å²) in [6.45, 7) is 22.6. The Morgan fingerprint density at radius 2 is 0.646 bits per heavy atom. The molecule has 3 aliphatic carbocycles. The van der Waals surface area contributed by atoms with Crippen molar-refractivity contribution in [1.29, 1.82) is 0 Å². The monoisotopic (exact) mass is 1720 g/mol. The number of nitrogen functional groups attached to an aromatic ring is 1. The summed E-state index contributed by atoms with van der Waals surface area (Å²) in [5, 5.41) is 6.07. The molecule has 13 aromatic carbocycles. The molecule has 13 aromatic rings. The van der Waals surface area contributed by atoms with Crippen LogP contribution in [0.25, 0.3) is 66.8 Å². The first kappa shape index (κ1) is 91.3. The van der Waals surface area contributed by atoms with Gasteiger partial charge in [-0.1, -0.05) is 380 Å². The number of benzene rings is 13. The van der Waals surface area contributed by atoms with Crippen molar-refractivity contribution in [2.75, 3.05) is 5.73 Å². The topological polar surface area (TPSA) is 26.0 Å². The van der Waals surface area contributed by atoms with Gasteiger partial charge in [0, 0.05) is 11.1 Å². The average Bonchev–Trinajstić information content (AvgIpc) is 1.53. The van der Waals surface area contributed by atoms with E-state index in [9.17, 15) is 0 Å². The SMILES string of the molecule is C=CCCCc1cc2c(cc1C)[Si](c1ccc(CCCCCC)cc1)(c1ccc(CCCCCC)cc1)c1cc(-c3ccc4c(c3)C(CCCCCc3ccc5c(c3)CC5)(c3ccc(CCCCCC)cc3)c3cc(-c5ccc6c(c5)C(c5ccc(CCCCCC)cc5)(c5ccc(CCCCCC)cc5)c5cc(-c7ccc(N)cc7)ccc5-6)ccc3-4)c(CCCC=C)cc1-2. The first-order chi connectivity index (χ1) is 63.9. The average molecular weight is 1730 g/mol. The van der Waals surface area contributed by atoms with Crippen LogP contribution in [0.4, 0.5) is 5.69 Å². The maximum Gasteiger partial charge on any atom is 0.180 e. The molecule has 1 atom stereocenters. The van der Waals surface area contributed by atoms with E-state index in [2.05, 4.69) is 328 Å². The number of unbranched alkanes of at least 4 members (excludes halogenated alkanes) is 19. The van der Waals surface area contributed by atoms with Crippen LogP contribution in [0.5, 0.6) is 0 Å². The normalized spacial score (nSPS) is 14.4. The number of fused-ring (bicyclic) bond motifs is 10. The number of hydrogen-bond donors (Lipinski definition) is 1. The largest absolute Gasteiger partial charge is 0.399 e. The first-order valence-electron chi connectivity index (χ1n) is 51.5. The van der Waals surface area contributed by atoms with Gasteiger partial charge >= 0.3 is 0 Å². The molecule has 2 N–H and O–H groups in total. The van der Waals surface area contributed by atoms with Gasteiger partial charge in [0.2, 0.25) is 0 Å². The van der Waals surface area contributed by atoms with Crippen LogP contribution in [0, 0.1) is 6.92 Å². The highest BCUT2D eigenvalue weighted by Gasteiger charge is 2.52. The van der Waals surface area contributed by atoms with E-state index in [1.54, 1.807) is 16.3 Å². The molecule has 0 amide bonds. The molecule has 1 heterocycles. The standard InChI is InChI=1S/C128H145NSi/c1-9-16-23-31-38-93-47-66-108(67-48-93)127(82-37-28-36-43-98-46-57-99-58-59-102(99)84-98)121-87-104(105-64-80-117-116-79-62-103(100-60-72-111(129)73-61-100)88-123(116)128(124(117)89-105,109-68-49-94(50-69-109)39-32-24-17-10-2)110-70-51-95(52-71-110)40-33-25-18-11-3)63-78-114(121)115-81-65-107(90-122(115)127)118-91-126-120(86-106(118)45-30-22-15-7)119-85-101(44-29-21-14-6)92(8)83-125(119)130(126,112-74-53-96(54-75-112)41-34-26-19-12-4)113-76-55-97(56-77-113)42-35-27-20-13-5/h14-15,46-57,60-81,83-91H,6-7,9-13,16-45,58-59,82,129H2,1-5,8H3. The highest BCUT2D eigenvalue weighted by Crippen LogP contribution is 2.60. The first-order valence-corrected chi connectivity index (χ1v) is 53.5. The van der Waals surface area contributed by atoms with Crippen molar-refractivity contribution in [1.82, 2.24) is 0 Å². The summed E-state index contributed by atoms with van der Waals surface area (Å²) in [5.41, 5.74) is 47.7. The molecule has 0 radical (unpaired) electrons. The molecular weight excluding hydrogens is 1580 g/mol. The molecule has 0 saturated heterocycles. The summed E-state index contributed by atoms with van der Waals surface area (Å²) in [5.74, 6) is 0. The summed E-state index contributed by atoms with van der Waals surface area (Å²) in [6, 6.07) is 108. The Morgan fingerprint density at radius 1 is 0.285 bits per heavy atom. The van der Waals surface area contributed by atoms with Gasteiger partial charge < -0.3 is 5.73 Å². The molecule has 0 spiro atoms. The zero-order chi connectivity index (χ0) is 89.4. The van der Waals surface area contributed by atoms with E-state index >= 15 is 0 Å². The molecule has 0 saturated carbocycles. The number of allylic oxidation sites excluding steroid dienone is 2. The maximum atomic E-state index is 6.47. The Kier molecular flexibility index (Phi) is 30.0. The summed E-state index contributed by atoms with van der Waals surface area (Å²) in [6.07, 6.45) is 48.8. The van der Waals surface area contributed by atoms with Crippen LogP contribution in [-0.4, -0.2) is 8.07 Å². The van der Waals surface area contributed by atoms with Gasteiger partial charge in [0.1, 0.15) is 0 Å². The minimum absolute atomic E-state index is 0.497. The third-order valence-electron chi connectivity index (χ3n) is 30.8. The van der Waals surface area contributed by atoms with Crippen LogP contribution in [0.1, 0.15) is 315 Å². The third-order valence-corrected chi connectivity index (χ3v) is 35.7. The lowest BCUT2D eigenvalue weighted by Crippen LogP contribution is -2.73. The van der Waals surface area contributed by atoms with Crippen LogP contribution in [-0.2, 0) is 75.0 Å². The minimum Gasteiger partial charge on any atom is -0.399 e. The highest BCUT2D eigenvalue weighted by molar-refractivity contribution is 7.22. The van der Waals surface area contributed by atoms with E-state index in [-0.39, 0.29) is 0 Å². The van der Waals surface area contributed by atoms with Crippen LogP contribution in [0.15, 0.2) is 286 Å². The van der Waals surface area contributed by atoms with Crippen LogP contribution in [0.2, 0.25) is 0 Å². The van der Waals surface area contributed by atoms with Crippen LogP contribution >= 0.6 is 0 Å². The number of rotatable bonds is 47. The smallest absolute Gasteiger partial charge is 0.180 e. The molecular formula is C128H145NSi. The predicted octanol–water partition coefficient (Wildman–Crippen LogP) is 32.1. The Balaban J connectivity index is 0.872. The molecule has 4 aliphatic rings. The van der Waals surface area contributed by atoms with Gasteiger partial charge in [-0.2, -0.15) is 0 Å². The second-order valence-corrected chi connectivity index (χ2v) is 43.2. The summed E-state index contributed by atoms with van der Waals surface area (Å²) >= 11 is 0. The lowest BCUT2D eigenvalue weighted by Gasteiger charge is -2.35. The van der Waals surface area contributed by atoms with E-state index in [0.29, 0.717) is 0 Å². The van der Waals surface area contributed by atoms with Gasteiger partial charge in [-0.05, 0) is 366 Å². The van der Waals surface area contributed by atoms with Gasteiger partial charge in [0.25, 0.3) is 0 Å². The quantitative estimate of drug-likeness (QED) is 0.0175. The molecule has 666 valence electrons. The van der Waals surface area contributed by atoms with Crippen molar-refractivity contribution in [3.63, 3.8) is 0 Å². The van der Waals surface area contributed by atoms with Gasteiger partial charge in [0.05, 0.1) is 5.41 Å². The molecule has 0 bridgehead atoms. The maximum absolute atomic E-state index is 6.47. The van der Waals surface area contributed by atoms with Gasteiger partial charge in [0.15, 0.2) is 8.07 Å². The lowest BCUT2D eigenvalue weighted by molar-refractivity contribution is 0.518. The molecule has 2 heteroatoms. The molecule has 1 nitrogen and oxygen atoms in total. The molecule has 1 aliphatic heterocycles. The molecule has 17 rings (SSSR count). The zero-order valence-corrected chi connectivity index (χ0v) is 80.8. The van der Waals surface area contributed by atoms with Gasteiger partial charge in [-0.25, -0.2) is 0 Å².